The van der Waals surface area contributed by atoms with E-state index in [0.29, 0.717) is 12.5 Å². The highest BCUT2D eigenvalue weighted by Crippen LogP contribution is 2.14. The Morgan fingerprint density at radius 1 is 1.38 bits per heavy atom. The SMILES string of the molecule is CN=C(N)NCc1cccc(NC(=O)N2CCCC2)c1.I. The highest BCUT2D eigenvalue weighted by atomic mass is 127. The number of nitrogens with two attached hydrogens (primary N) is 1. The summed E-state index contributed by atoms with van der Waals surface area (Å²) in [5.41, 5.74) is 7.42. The van der Waals surface area contributed by atoms with E-state index in [1.807, 2.05) is 29.2 Å². The second kappa shape index (κ2) is 8.71. The van der Waals surface area contributed by atoms with Crippen molar-refractivity contribution in [2.24, 2.45) is 10.7 Å². The molecule has 2 rings (SSSR count). The van der Waals surface area contributed by atoms with E-state index in [2.05, 4.69) is 15.6 Å². The van der Waals surface area contributed by atoms with Crippen LogP contribution in [0, 0.1) is 0 Å². The molecule has 1 heterocycles. The monoisotopic (exact) mass is 403 g/mol. The first kappa shape index (κ1) is 17.5. The summed E-state index contributed by atoms with van der Waals surface area (Å²) in [4.78, 5) is 17.7. The van der Waals surface area contributed by atoms with E-state index < -0.39 is 0 Å². The molecule has 6 nitrogen and oxygen atoms in total. The highest BCUT2D eigenvalue weighted by molar-refractivity contribution is 14.0. The standard InChI is InChI=1S/C14H21N5O.HI/c1-16-13(15)17-10-11-5-4-6-12(9-11)18-14(20)19-7-2-3-8-19;/h4-6,9H,2-3,7-8,10H2,1H3,(H,18,20)(H3,15,16,17);1H. The van der Waals surface area contributed by atoms with Crippen LogP contribution in [0.2, 0.25) is 0 Å². The number of benzene rings is 1. The van der Waals surface area contributed by atoms with Gasteiger partial charge in [0, 0.05) is 32.4 Å². The van der Waals surface area contributed by atoms with Crippen LogP contribution >= 0.6 is 24.0 Å². The summed E-state index contributed by atoms with van der Waals surface area (Å²) in [6.45, 7) is 2.27. The number of hydrogen-bond acceptors (Lipinski definition) is 2. The first-order valence-electron chi connectivity index (χ1n) is 6.80. The number of rotatable bonds is 3. The lowest BCUT2D eigenvalue weighted by Crippen LogP contribution is -2.32. The fourth-order valence-electron chi connectivity index (χ4n) is 2.15. The van der Waals surface area contributed by atoms with Gasteiger partial charge in [-0.1, -0.05) is 12.1 Å². The van der Waals surface area contributed by atoms with Crippen molar-refractivity contribution in [1.29, 1.82) is 0 Å². The second-order valence-corrected chi connectivity index (χ2v) is 4.79. The van der Waals surface area contributed by atoms with Crippen molar-refractivity contribution in [3.05, 3.63) is 29.8 Å². The van der Waals surface area contributed by atoms with E-state index >= 15 is 0 Å². The summed E-state index contributed by atoms with van der Waals surface area (Å²) < 4.78 is 0. The van der Waals surface area contributed by atoms with E-state index in [-0.39, 0.29) is 30.0 Å². The Bertz CT molecular complexity index is 500. The lowest BCUT2D eigenvalue weighted by Gasteiger charge is -2.16. The predicted octanol–water partition coefficient (Wildman–Crippen LogP) is 1.97. The Balaban J connectivity index is 0.00000220. The van der Waals surface area contributed by atoms with E-state index in [1.165, 1.54) is 0 Å². The van der Waals surface area contributed by atoms with Crippen molar-refractivity contribution in [2.75, 3.05) is 25.5 Å². The molecule has 0 spiro atoms. The number of urea groups is 1. The molecule has 0 radical (unpaired) electrons. The van der Waals surface area contributed by atoms with Crippen molar-refractivity contribution in [1.82, 2.24) is 10.2 Å². The Morgan fingerprint density at radius 3 is 2.76 bits per heavy atom. The van der Waals surface area contributed by atoms with Crippen molar-refractivity contribution in [3.63, 3.8) is 0 Å². The molecule has 0 saturated carbocycles. The number of likely N-dealkylation sites (tertiary alicyclic amines) is 1. The van der Waals surface area contributed by atoms with Crippen LogP contribution in [0.15, 0.2) is 29.3 Å². The lowest BCUT2D eigenvalue weighted by molar-refractivity contribution is 0.222. The van der Waals surface area contributed by atoms with Gasteiger partial charge in [-0.15, -0.1) is 24.0 Å². The largest absolute Gasteiger partial charge is 0.370 e. The highest BCUT2D eigenvalue weighted by Gasteiger charge is 2.17. The number of hydrogen-bond donors (Lipinski definition) is 3. The van der Waals surface area contributed by atoms with Gasteiger partial charge in [0.05, 0.1) is 0 Å². The summed E-state index contributed by atoms with van der Waals surface area (Å²) in [5.74, 6) is 0.400. The van der Waals surface area contributed by atoms with Gasteiger partial charge in [0.25, 0.3) is 0 Å². The van der Waals surface area contributed by atoms with Crippen molar-refractivity contribution >= 4 is 41.7 Å². The topological polar surface area (TPSA) is 82.7 Å². The molecule has 1 aliphatic heterocycles. The second-order valence-electron chi connectivity index (χ2n) is 4.79. The minimum absolute atomic E-state index is 0. The predicted molar refractivity (Wildman–Crippen MR) is 96.1 cm³/mol. The number of amides is 2. The third-order valence-corrected chi connectivity index (χ3v) is 3.29. The molecule has 1 saturated heterocycles. The molecule has 1 aliphatic rings. The van der Waals surface area contributed by atoms with E-state index in [4.69, 9.17) is 5.73 Å². The number of anilines is 1. The fourth-order valence-corrected chi connectivity index (χ4v) is 2.15. The number of nitrogens with one attached hydrogen (secondary N) is 2. The maximum Gasteiger partial charge on any atom is 0.321 e. The van der Waals surface area contributed by atoms with Crippen LogP contribution < -0.4 is 16.4 Å². The van der Waals surface area contributed by atoms with Crippen LogP contribution in [0.25, 0.3) is 0 Å². The molecular weight excluding hydrogens is 381 g/mol. The van der Waals surface area contributed by atoms with Crippen molar-refractivity contribution in [3.8, 4) is 0 Å². The quantitative estimate of drug-likeness (QED) is 0.410. The van der Waals surface area contributed by atoms with Crippen LogP contribution in [-0.2, 0) is 6.54 Å². The van der Waals surface area contributed by atoms with Crippen LogP contribution in [0.1, 0.15) is 18.4 Å². The first-order valence-corrected chi connectivity index (χ1v) is 6.80. The maximum atomic E-state index is 12.0. The average Bonchev–Trinajstić information content (AvgIpc) is 2.99. The Labute approximate surface area is 142 Å². The van der Waals surface area contributed by atoms with E-state index in [0.717, 1.165) is 37.2 Å². The Morgan fingerprint density at radius 2 is 2.10 bits per heavy atom. The molecule has 4 N–H and O–H groups in total. The van der Waals surface area contributed by atoms with Gasteiger partial charge in [0.15, 0.2) is 5.96 Å². The molecule has 0 atom stereocenters. The third-order valence-electron chi connectivity index (χ3n) is 3.29. The van der Waals surface area contributed by atoms with E-state index in [9.17, 15) is 4.79 Å². The van der Waals surface area contributed by atoms with Gasteiger partial charge >= 0.3 is 6.03 Å². The average molecular weight is 403 g/mol. The molecule has 21 heavy (non-hydrogen) atoms. The van der Waals surface area contributed by atoms with Crippen molar-refractivity contribution < 1.29 is 4.79 Å². The van der Waals surface area contributed by atoms with Gasteiger partial charge in [-0.05, 0) is 30.5 Å². The number of halogens is 1. The Kier molecular flexibility index (Phi) is 7.27. The Hall–Kier alpha value is -1.51. The smallest absolute Gasteiger partial charge is 0.321 e. The van der Waals surface area contributed by atoms with Gasteiger partial charge in [-0.2, -0.15) is 0 Å². The molecule has 7 heteroatoms. The van der Waals surface area contributed by atoms with Crippen LogP contribution in [0.5, 0.6) is 0 Å². The number of nitrogens with zero attached hydrogens (tertiary/aromatic N) is 2. The van der Waals surface area contributed by atoms with Gasteiger partial charge in [0.2, 0.25) is 0 Å². The zero-order chi connectivity index (χ0) is 14.4. The zero-order valence-electron chi connectivity index (χ0n) is 12.1. The summed E-state index contributed by atoms with van der Waals surface area (Å²) in [5, 5.41) is 5.91. The number of aliphatic imine (C=N–C) groups is 1. The molecule has 0 aromatic heterocycles. The number of carbonyl (C=O) groups excluding carboxylic acids is 1. The molecule has 1 fully saturated rings. The van der Waals surface area contributed by atoms with Gasteiger partial charge in [0.1, 0.15) is 0 Å². The van der Waals surface area contributed by atoms with Crippen LogP contribution in [-0.4, -0.2) is 37.0 Å². The van der Waals surface area contributed by atoms with Gasteiger partial charge in [-0.3, -0.25) is 4.99 Å². The van der Waals surface area contributed by atoms with Crippen molar-refractivity contribution in [2.45, 2.75) is 19.4 Å². The summed E-state index contributed by atoms with van der Waals surface area (Å²) in [6.07, 6.45) is 2.18. The first-order chi connectivity index (χ1) is 9.69. The molecular formula is C14H22IN5O. The minimum Gasteiger partial charge on any atom is -0.370 e. The molecule has 1 aromatic rings. The minimum atomic E-state index is -0.0257. The summed E-state index contributed by atoms with van der Waals surface area (Å²) in [6, 6.07) is 7.68. The summed E-state index contributed by atoms with van der Waals surface area (Å²) >= 11 is 0. The maximum absolute atomic E-state index is 12.0. The summed E-state index contributed by atoms with van der Waals surface area (Å²) in [7, 11) is 1.63. The molecule has 116 valence electrons. The number of guanidine groups is 1. The lowest BCUT2D eigenvalue weighted by atomic mass is 10.2. The van der Waals surface area contributed by atoms with Crippen LogP contribution in [0.4, 0.5) is 10.5 Å². The van der Waals surface area contributed by atoms with Gasteiger partial charge in [-0.25, -0.2) is 4.79 Å². The fraction of sp³-hybridized carbons (Fsp3) is 0.429. The molecule has 0 bridgehead atoms. The zero-order valence-corrected chi connectivity index (χ0v) is 14.5. The van der Waals surface area contributed by atoms with Gasteiger partial charge < -0.3 is 21.3 Å². The molecule has 0 unspecified atom stereocenters. The third kappa shape index (κ3) is 5.41. The number of carbonyl (C=O) groups is 1. The molecule has 2 amide bonds. The van der Waals surface area contributed by atoms with Crippen LogP contribution in [0.3, 0.4) is 0 Å². The van der Waals surface area contributed by atoms with E-state index in [1.54, 1.807) is 7.05 Å². The molecule has 1 aromatic carbocycles. The normalized spacial score (nSPS) is 14.5. The molecule has 0 aliphatic carbocycles.